The summed E-state index contributed by atoms with van der Waals surface area (Å²) in [5, 5.41) is 3.05. The molecule has 7 heteroatoms. The number of pyridine rings is 1. The van der Waals surface area contributed by atoms with Crippen LogP contribution in [-0.4, -0.2) is 65.2 Å². The van der Waals surface area contributed by atoms with E-state index in [4.69, 9.17) is 4.74 Å². The van der Waals surface area contributed by atoms with Crippen molar-refractivity contribution >= 4 is 12.1 Å². The maximum absolute atomic E-state index is 12.3. The first-order chi connectivity index (χ1) is 13.3. The first-order valence-electron chi connectivity index (χ1n) is 10.2. The smallest absolute Gasteiger partial charge is 0.410 e. The van der Waals surface area contributed by atoms with E-state index in [-0.39, 0.29) is 12.1 Å². The summed E-state index contributed by atoms with van der Waals surface area (Å²) in [6, 6.07) is 4.04. The number of aromatic nitrogens is 1. The van der Waals surface area contributed by atoms with Gasteiger partial charge < -0.3 is 19.9 Å². The van der Waals surface area contributed by atoms with Crippen molar-refractivity contribution in [1.82, 2.24) is 20.1 Å². The lowest BCUT2D eigenvalue weighted by molar-refractivity contribution is 0.0265. The number of fused-ring (bicyclic) bond motifs is 1. The van der Waals surface area contributed by atoms with Gasteiger partial charge in [0.15, 0.2) is 0 Å². The second-order valence-electron chi connectivity index (χ2n) is 9.29. The van der Waals surface area contributed by atoms with Gasteiger partial charge in [0.1, 0.15) is 5.60 Å². The summed E-state index contributed by atoms with van der Waals surface area (Å²) < 4.78 is 5.44. The number of ether oxygens (including phenoxy) is 1. The predicted molar refractivity (Wildman–Crippen MR) is 105 cm³/mol. The van der Waals surface area contributed by atoms with Gasteiger partial charge in [-0.3, -0.25) is 4.98 Å². The monoisotopic (exact) mass is 386 g/mol. The van der Waals surface area contributed by atoms with Gasteiger partial charge in [0.25, 0.3) is 0 Å². The summed E-state index contributed by atoms with van der Waals surface area (Å²) in [5.41, 5.74) is 0.757. The van der Waals surface area contributed by atoms with Crippen molar-refractivity contribution in [2.75, 3.05) is 32.7 Å². The number of rotatable bonds is 4. The largest absolute Gasteiger partial charge is 0.444 e. The number of carbonyl (C=O) groups is 2. The van der Waals surface area contributed by atoms with E-state index in [1.54, 1.807) is 6.20 Å². The molecule has 1 saturated carbocycles. The van der Waals surface area contributed by atoms with E-state index in [0.29, 0.717) is 30.2 Å². The first kappa shape index (κ1) is 19.0. The van der Waals surface area contributed by atoms with Gasteiger partial charge in [0.05, 0.1) is 0 Å². The number of nitrogens with zero attached hydrogens (tertiary/aromatic N) is 3. The minimum absolute atomic E-state index is 0.0290. The van der Waals surface area contributed by atoms with Gasteiger partial charge in [0, 0.05) is 51.0 Å². The van der Waals surface area contributed by atoms with Crippen molar-refractivity contribution in [1.29, 1.82) is 0 Å². The Kier molecular flexibility index (Phi) is 4.93. The maximum Gasteiger partial charge on any atom is 0.410 e. The Morgan fingerprint density at radius 2 is 1.89 bits per heavy atom. The van der Waals surface area contributed by atoms with Gasteiger partial charge in [-0.25, -0.2) is 9.59 Å². The van der Waals surface area contributed by atoms with Crippen LogP contribution in [0.25, 0.3) is 0 Å². The molecule has 3 atom stereocenters. The summed E-state index contributed by atoms with van der Waals surface area (Å²) >= 11 is 0. The van der Waals surface area contributed by atoms with Crippen LogP contribution in [0.1, 0.15) is 38.7 Å². The fourth-order valence-corrected chi connectivity index (χ4v) is 4.48. The fourth-order valence-electron chi connectivity index (χ4n) is 4.48. The number of hydrogen-bond donors (Lipinski definition) is 1. The van der Waals surface area contributed by atoms with Crippen molar-refractivity contribution in [3.63, 3.8) is 0 Å². The standard InChI is InChI=1S/C21H30N4O3/c1-21(2,3)28-20(27)25-12-17-16(18(17)13-25)6-8-23-19(26)24-10-15(11-24)14-5-4-7-22-9-14/h4-5,7,9,15-18H,6,8,10-13H2,1-3H3,(H,23,26)/t16-,17-,18+. The highest BCUT2D eigenvalue weighted by atomic mass is 16.6. The van der Waals surface area contributed by atoms with Crippen molar-refractivity contribution < 1.29 is 14.3 Å². The molecule has 2 aliphatic heterocycles. The van der Waals surface area contributed by atoms with Gasteiger partial charge in [-0.15, -0.1) is 0 Å². The Labute approximate surface area is 166 Å². The van der Waals surface area contributed by atoms with Crippen LogP contribution in [0.2, 0.25) is 0 Å². The molecular formula is C21H30N4O3. The SMILES string of the molecule is CC(C)(C)OC(=O)N1C[C@@H]2[C@@H](CCNC(=O)N3CC(c4cccnc4)C3)[C@@H]2C1. The van der Waals surface area contributed by atoms with Gasteiger partial charge in [-0.1, -0.05) is 6.07 Å². The molecular weight excluding hydrogens is 356 g/mol. The van der Waals surface area contributed by atoms with Gasteiger partial charge >= 0.3 is 12.1 Å². The molecule has 0 spiro atoms. The van der Waals surface area contributed by atoms with E-state index >= 15 is 0 Å². The number of amides is 3. The third-order valence-electron chi connectivity index (χ3n) is 6.10. The number of likely N-dealkylation sites (tertiary alicyclic amines) is 2. The Hall–Kier alpha value is -2.31. The minimum atomic E-state index is -0.444. The zero-order chi connectivity index (χ0) is 19.9. The molecule has 1 aromatic rings. The Bertz CT molecular complexity index is 715. The predicted octanol–water partition coefficient (Wildman–Crippen LogP) is 2.69. The average Bonchev–Trinajstić information content (AvgIpc) is 3.03. The van der Waals surface area contributed by atoms with E-state index in [1.165, 1.54) is 5.56 Å². The second kappa shape index (κ2) is 7.26. The molecule has 0 bridgehead atoms. The maximum atomic E-state index is 12.3. The van der Waals surface area contributed by atoms with Crippen molar-refractivity contribution in [2.24, 2.45) is 17.8 Å². The summed E-state index contributed by atoms with van der Waals surface area (Å²) in [4.78, 5) is 32.2. The number of hydrogen-bond acceptors (Lipinski definition) is 4. The summed E-state index contributed by atoms with van der Waals surface area (Å²) in [5.74, 6) is 2.17. The molecule has 3 aliphatic rings. The van der Waals surface area contributed by atoms with Crippen LogP contribution in [-0.2, 0) is 4.74 Å². The highest BCUT2D eigenvalue weighted by Crippen LogP contribution is 2.53. The first-order valence-corrected chi connectivity index (χ1v) is 10.2. The number of nitrogens with one attached hydrogen (secondary N) is 1. The van der Waals surface area contributed by atoms with Crippen LogP contribution in [0.4, 0.5) is 9.59 Å². The van der Waals surface area contributed by atoms with Gasteiger partial charge in [-0.05, 0) is 56.6 Å². The number of piperidine rings is 1. The molecule has 3 amide bonds. The van der Waals surface area contributed by atoms with Crippen LogP contribution in [0, 0.1) is 17.8 Å². The molecule has 0 aromatic carbocycles. The van der Waals surface area contributed by atoms with Crippen LogP contribution in [0.3, 0.4) is 0 Å². The van der Waals surface area contributed by atoms with Crippen LogP contribution in [0.5, 0.6) is 0 Å². The Balaban J connectivity index is 1.11. The highest BCUT2D eigenvalue weighted by Gasteiger charge is 2.56. The third-order valence-corrected chi connectivity index (χ3v) is 6.10. The van der Waals surface area contributed by atoms with Gasteiger partial charge in [0.2, 0.25) is 0 Å². The van der Waals surface area contributed by atoms with Crippen LogP contribution < -0.4 is 5.32 Å². The Morgan fingerprint density at radius 1 is 1.18 bits per heavy atom. The topological polar surface area (TPSA) is 74.8 Å². The summed E-state index contributed by atoms with van der Waals surface area (Å²) in [6.45, 7) is 9.48. The molecule has 2 saturated heterocycles. The van der Waals surface area contributed by atoms with Crippen molar-refractivity contribution in [2.45, 2.75) is 38.7 Å². The fraction of sp³-hybridized carbons (Fsp3) is 0.667. The van der Waals surface area contributed by atoms with E-state index in [0.717, 1.165) is 32.6 Å². The van der Waals surface area contributed by atoms with E-state index < -0.39 is 5.60 Å². The molecule has 3 heterocycles. The van der Waals surface area contributed by atoms with Crippen LogP contribution >= 0.6 is 0 Å². The zero-order valence-electron chi connectivity index (χ0n) is 16.9. The lowest BCUT2D eigenvalue weighted by Crippen LogP contribution is -2.52. The van der Waals surface area contributed by atoms with E-state index in [9.17, 15) is 9.59 Å². The summed E-state index contributed by atoms with van der Waals surface area (Å²) in [6.07, 6.45) is 4.44. The molecule has 152 valence electrons. The zero-order valence-corrected chi connectivity index (χ0v) is 16.9. The molecule has 4 rings (SSSR count). The molecule has 28 heavy (non-hydrogen) atoms. The molecule has 1 aromatic heterocycles. The average molecular weight is 386 g/mol. The van der Waals surface area contributed by atoms with Crippen molar-refractivity contribution in [3.05, 3.63) is 30.1 Å². The van der Waals surface area contributed by atoms with Crippen LogP contribution in [0.15, 0.2) is 24.5 Å². The van der Waals surface area contributed by atoms with Gasteiger partial charge in [-0.2, -0.15) is 0 Å². The van der Waals surface area contributed by atoms with E-state index in [1.807, 2.05) is 42.8 Å². The quantitative estimate of drug-likeness (QED) is 0.863. The Morgan fingerprint density at radius 3 is 2.50 bits per heavy atom. The number of urea groups is 1. The van der Waals surface area contributed by atoms with Crippen molar-refractivity contribution in [3.8, 4) is 0 Å². The lowest BCUT2D eigenvalue weighted by atomic mass is 9.93. The molecule has 7 nitrogen and oxygen atoms in total. The molecule has 0 unspecified atom stereocenters. The third kappa shape index (κ3) is 4.08. The minimum Gasteiger partial charge on any atom is -0.444 e. The highest BCUT2D eigenvalue weighted by molar-refractivity contribution is 5.75. The number of carbonyl (C=O) groups excluding carboxylic acids is 2. The lowest BCUT2D eigenvalue weighted by Gasteiger charge is -2.39. The molecule has 3 fully saturated rings. The molecule has 1 aliphatic carbocycles. The van der Waals surface area contributed by atoms with E-state index in [2.05, 4.69) is 16.4 Å². The summed E-state index contributed by atoms with van der Waals surface area (Å²) in [7, 11) is 0. The molecule has 1 N–H and O–H groups in total. The molecule has 0 radical (unpaired) electrons. The normalized spacial score (nSPS) is 26.5. The second-order valence-corrected chi connectivity index (χ2v) is 9.29.